The molecule has 2 N–H and O–H groups in total. The second-order valence-corrected chi connectivity index (χ2v) is 6.11. The number of rotatable bonds is 7. The maximum absolute atomic E-state index is 11.9. The molecule has 2 fully saturated rings. The molecule has 0 bridgehead atoms. The normalized spacial score (nSPS) is 23.4. The number of nitrogens with one attached hydrogen (secondary N) is 2. The minimum Gasteiger partial charge on any atom is -0.356 e. The van der Waals surface area contributed by atoms with Gasteiger partial charge in [0.15, 0.2) is 0 Å². The van der Waals surface area contributed by atoms with Gasteiger partial charge in [-0.1, -0.05) is 30.3 Å². The van der Waals surface area contributed by atoms with Crippen LogP contribution in [0.5, 0.6) is 0 Å². The fourth-order valence-corrected chi connectivity index (χ4v) is 2.59. The van der Waals surface area contributed by atoms with Gasteiger partial charge in [0.05, 0.1) is 11.8 Å². The van der Waals surface area contributed by atoms with Gasteiger partial charge in [-0.2, -0.15) is 0 Å². The summed E-state index contributed by atoms with van der Waals surface area (Å²) in [4.78, 5) is 23.7. The molecule has 21 heavy (non-hydrogen) atoms. The van der Waals surface area contributed by atoms with Gasteiger partial charge in [0.25, 0.3) is 0 Å². The van der Waals surface area contributed by atoms with E-state index in [2.05, 4.69) is 22.8 Å². The molecule has 2 atom stereocenters. The lowest BCUT2D eigenvalue weighted by atomic mass is 10.1. The van der Waals surface area contributed by atoms with Gasteiger partial charge >= 0.3 is 0 Å². The van der Waals surface area contributed by atoms with E-state index in [1.807, 2.05) is 18.2 Å². The topological polar surface area (TPSA) is 58.2 Å². The molecule has 0 aromatic heterocycles. The summed E-state index contributed by atoms with van der Waals surface area (Å²) in [7, 11) is 0. The van der Waals surface area contributed by atoms with Crippen molar-refractivity contribution >= 4 is 11.8 Å². The zero-order chi connectivity index (χ0) is 14.7. The summed E-state index contributed by atoms with van der Waals surface area (Å²) < 4.78 is 0. The highest BCUT2D eigenvalue weighted by molar-refractivity contribution is 5.92. The SMILES string of the molecule is O=C(NCCCc1ccccc1)C1CC1C(=O)NC1CC1. The molecule has 2 saturated carbocycles. The largest absolute Gasteiger partial charge is 0.356 e. The maximum Gasteiger partial charge on any atom is 0.224 e. The average molecular weight is 286 g/mol. The number of carbonyl (C=O) groups excluding carboxylic acids is 2. The fraction of sp³-hybridized carbons (Fsp3) is 0.529. The van der Waals surface area contributed by atoms with Crippen LogP contribution < -0.4 is 10.6 Å². The molecule has 2 amide bonds. The molecule has 0 saturated heterocycles. The van der Waals surface area contributed by atoms with Crippen LogP contribution in [-0.2, 0) is 16.0 Å². The lowest BCUT2D eigenvalue weighted by Gasteiger charge is -2.05. The third-order valence-corrected chi connectivity index (χ3v) is 4.17. The van der Waals surface area contributed by atoms with Crippen molar-refractivity contribution in [1.82, 2.24) is 10.6 Å². The van der Waals surface area contributed by atoms with Crippen molar-refractivity contribution in [3.63, 3.8) is 0 Å². The summed E-state index contributed by atoms with van der Waals surface area (Å²) in [5.41, 5.74) is 1.29. The van der Waals surface area contributed by atoms with Crippen molar-refractivity contribution < 1.29 is 9.59 Å². The van der Waals surface area contributed by atoms with Gasteiger partial charge in [0, 0.05) is 12.6 Å². The average Bonchev–Trinajstić information content (AvgIpc) is 3.37. The molecule has 0 heterocycles. The summed E-state index contributed by atoms with van der Waals surface area (Å²) in [6.45, 7) is 0.682. The lowest BCUT2D eigenvalue weighted by Crippen LogP contribution is -2.31. The van der Waals surface area contributed by atoms with Crippen molar-refractivity contribution in [1.29, 1.82) is 0 Å². The molecule has 1 aromatic carbocycles. The molecule has 4 nitrogen and oxygen atoms in total. The summed E-state index contributed by atoms with van der Waals surface area (Å²) in [5, 5.41) is 5.92. The van der Waals surface area contributed by atoms with Gasteiger partial charge in [-0.15, -0.1) is 0 Å². The van der Waals surface area contributed by atoms with Gasteiger partial charge in [-0.05, 0) is 37.7 Å². The van der Waals surface area contributed by atoms with Crippen molar-refractivity contribution in [2.45, 2.75) is 38.1 Å². The van der Waals surface area contributed by atoms with Crippen LogP contribution in [0.15, 0.2) is 30.3 Å². The van der Waals surface area contributed by atoms with Gasteiger partial charge in [0.1, 0.15) is 0 Å². The molecule has 112 valence electrons. The van der Waals surface area contributed by atoms with Crippen molar-refractivity contribution in [2.75, 3.05) is 6.54 Å². The number of carbonyl (C=O) groups is 2. The Morgan fingerprint density at radius 2 is 1.76 bits per heavy atom. The van der Waals surface area contributed by atoms with Crippen molar-refractivity contribution in [3.05, 3.63) is 35.9 Å². The molecular formula is C17H22N2O2. The first-order valence-corrected chi connectivity index (χ1v) is 7.86. The zero-order valence-corrected chi connectivity index (χ0v) is 12.2. The number of benzene rings is 1. The third-order valence-electron chi connectivity index (χ3n) is 4.17. The smallest absolute Gasteiger partial charge is 0.224 e. The van der Waals surface area contributed by atoms with Crippen LogP contribution in [0.25, 0.3) is 0 Å². The number of amides is 2. The quantitative estimate of drug-likeness (QED) is 0.749. The first kappa shape index (κ1) is 14.1. The maximum atomic E-state index is 11.9. The van der Waals surface area contributed by atoms with E-state index in [-0.39, 0.29) is 23.7 Å². The number of hydrogen-bond donors (Lipinski definition) is 2. The minimum absolute atomic E-state index is 0.0407. The van der Waals surface area contributed by atoms with E-state index in [0.29, 0.717) is 19.0 Å². The molecule has 2 aliphatic rings. The van der Waals surface area contributed by atoms with Crippen molar-refractivity contribution in [3.8, 4) is 0 Å². The molecular weight excluding hydrogens is 264 g/mol. The molecule has 4 heteroatoms. The first-order valence-electron chi connectivity index (χ1n) is 7.86. The highest BCUT2D eigenvalue weighted by atomic mass is 16.2. The number of aryl methyl sites for hydroxylation is 1. The monoisotopic (exact) mass is 286 g/mol. The van der Waals surface area contributed by atoms with Crippen LogP contribution in [0.2, 0.25) is 0 Å². The third kappa shape index (κ3) is 4.06. The van der Waals surface area contributed by atoms with Crippen molar-refractivity contribution in [2.24, 2.45) is 11.8 Å². The van der Waals surface area contributed by atoms with Crippen LogP contribution in [0.4, 0.5) is 0 Å². The Kier molecular flexibility index (Phi) is 4.23. The summed E-state index contributed by atoms with van der Waals surface area (Å²) >= 11 is 0. The van der Waals surface area contributed by atoms with Gasteiger partial charge < -0.3 is 10.6 Å². The fourth-order valence-electron chi connectivity index (χ4n) is 2.59. The van der Waals surface area contributed by atoms with E-state index in [1.54, 1.807) is 0 Å². The van der Waals surface area contributed by atoms with Crippen LogP contribution in [0, 0.1) is 11.8 Å². The van der Waals surface area contributed by atoms with E-state index >= 15 is 0 Å². The molecule has 0 aliphatic heterocycles. The molecule has 2 aliphatic carbocycles. The molecule has 2 unspecified atom stereocenters. The van der Waals surface area contributed by atoms with Crippen LogP contribution in [0.1, 0.15) is 31.2 Å². The van der Waals surface area contributed by atoms with Crippen LogP contribution in [0.3, 0.4) is 0 Å². The van der Waals surface area contributed by atoms with Gasteiger partial charge in [-0.25, -0.2) is 0 Å². The lowest BCUT2D eigenvalue weighted by molar-refractivity contribution is -0.127. The van der Waals surface area contributed by atoms with Gasteiger partial charge in [0.2, 0.25) is 11.8 Å². The highest BCUT2D eigenvalue weighted by Crippen LogP contribution is 2.39. The first-order chi connectivity index (χ1) is 10.2. The summed E-state index contributed by atoms with van der Waals surface area (Å²) in [5.74, 6) is -0.0684. The Labute approximate surface area is 125 Å². The van der Waals surface area contributed by atoms with Crippen LogP contribution in [-0.4, -0.2) is 24.4 Å². The van der Waals surface area contributed by atoms with E-state index in [1.165, 1.54) is 5.56 Å². The van der Waals surface area contributed by atoms with Gasteiger partial charge in [-0.3, -0.25) is 9.59 Å². The molecule has 0 spiro atoms. The summed E-state index contributed by atoms with van der Waals surface area (Å²) in [6, 6.07) is 10.6. The van der Waals surface area contributed by atoms with E-state index in [4.69, 9.17) is 0 Å². The summed E-state index contributed by atoms with van der Waals surface area (Å²) in [6.07, 6.45) is 4.80. The Balaban J connectivity index is 1.31. The predicted molar refractivity (Wildman–Crippen MR) is 80.5 cm³/mol. The molecule has 1 aromatic rings. The Hall–Kier alpha value is -1.84. The standard InChI is InChI=1S/C17H22N2O2/c20-16(14-11-15(14)17(21)19-13-8-9-13)18-10-4-7-12-5-2-1-3-6-12/h1-3,5-6,13-15H,4,7-11H2,(H,18,20)(H,19,21). The zero-order valence-electron chi connectivity index (χ0n) is 12.2. The molecule has 3 rings (SSSR count). The second-order valence-electron chi connectivity index (χ2n) is 6.11. The van der Waals surface area contributed by atoms with E-state index in [9.17, 15) is 9.59 Å². The predicted octanol–water partition coefficient (Wildman–Crippen LogP) is 1.65. The number of hydrogen-bond acceptors (Lipinski definition) is 2. The Morgan fingerprint density at radius 3 is 2.48 bits per heavy atom. The van der Waals surface area contributed by atoms with E-state index in [0.717, 1.165) is 25.7 Å². The molecule has 0 radical (unpaired) electrons. The minimum atomic E-state index is -0.0968. The highest BCUT2D eigenvalue weighted by Gasteiger charge is 2.48. The Morgan fingerprint density at radius 1 is 1.05 bits per heavy atom. The van der Waals surface area contributed by atoms with Crippen LogP contribution >= 0.6 is 0 Å². The second kappa shape index (κ2) is 6.29. The Bertz CT molecular complexity index is 511. The van der Waals surface area contributed by atoms with E-state index < -0.39 is 0 Å².